The van der Waals surface area contributed by atoms with Crippen molar-refractivity contribution in [3.05, 3.63) is 53.3 Å². The molecule has 0 saturated carbocycles. The minimum Gasteiger partial charge on any atom is -0.497 e. The molecule has 0 atom stereocenters. The second kappa shape index (κ2) is 5.21. The van der Waals surface area contributed by atoms with Gasteiger partial charge in [0.1, 0.15) is 5.75 Å². The van der Waals surface area contributed by atoms with Crippen LogP contribution in [0.3, 0.4) is 0 Å². The average molecular weight is 325 g/mol. The van der Waals surface area contributed by atoms with E-state index in [9.17, 15) is 0 Å². The van der Waals surface area contributed by atoms with Crippen molar-refractivity contribution in [2.75, 3.05) is 7.11 Å². The normalized spacial score (nSPS) is 11.3. The van der Waals surface area contributed by atoms with Crippen LogP contribution in [0.4, 0.5) is 0 Å². The first-order chi connectivity index (χ1) is 11.2. The number of aromatic nitrogens is 4. The summed E-state index contributed by atoms with van der Waals surface area (Å²) >= 11 is 6.39. The van der Waals surface area contributed by atoms with E-state index in [1.54, 1.807) is 11.5 Å². The van der Waals surface area contributed by atoms with E-state index in [0.717, 1.165) is 27.8 Å². The maximum atomic E-state index is 6.39. The first-order valence-corrected chi connectivity index (χ1v) is 7.50. The van der Waals surface area contributed by atoms with Crippen LogP contribution in [0.15, 0.2) is 42.5 Å². The highest BCUT2D eigenvalue weighted by Crippen LogP contribution is 2.28. The van der Waals surface area contributed by atoms with Gasteiger partial charge in [-0.25, -0.2) is 9.38 Å². The molecule has 2 aromatic heterocycles. The highest BCUT2D eigenvalue weighted by Gasteiger charge is 2.15. The van der Waals surface area contributed by atoms with Gasteiger partial charge in [0.15, 0.2) is 11.5 Å². The Hall–Kier alpha value is -2.66. The average Bonchev–Trinajstić information content (AvgIpc) is 3.02. The zero-order chi connectivity index (χ0) is 16.0. The van der Waals surface area contributed by atoms with Crippen molar-refractivity contribution in [2.24, 2.45) is 0 Å². The molecule has 2 aromatic carbocycles. The number of hydrogen-bond acceptors (Lipinski definition) is 4. The first-order valence-electron chi connectivity index (χ1n) is 7.13. The predicted octanol–water partition coefficient (Wildman–Crippen LogP) is 3.91. The van der Waals surface area contributed by atoms with Gasteiger partial charge in [-0.05, 0) is 42.8 Å². The zero-order valence-electron chi connectivity index (χ0n) is 12.6. The molecule has 0 radical (unpaired) electrons. The van der Waals surface area contributed by atoms with Crippen LogP contribution in [-0.2, 0) is 0 Å². The minimum absolute atomic E-state index is 0.333. The quantitative estimate of drug-likeness (QED) is 0.524. The summed E-state index contributed by atoms with van der Waals surface area (Å²) in [4.78, 5) is 4.46. The highest BCUT2D eigenvalue weighted by molar-refractivity contribution is 6.29. The molecule has 23 heavy (non-hydrogen) atoms. The summed E-state index contributed by atoms with van der Waals surface area (Å²) in [6.45, 7) is 2.03. The van der Waals surface area contributed by atoms with Crippen molar-refractivity contribution in [3.63, 3.8) is 0 Å². The monoisotopic (exact) mass is 324 g/mol. The number of benzene rings is 2. The molecular formula is C17H13ClN4O. The third-order valence-corrected chi connectivity index (χ3v) is 4.03. The van der Waals surface area contributed by atoms with Crippen LogP contribution in [-0.4, -0.2) is 26.7 Å². The van der Waals surface area contributed by atoms with Crippen LogP contribution >= 0.6 is 11.6 Å². The number of methoxy groups -OCH3 is 1. The highest BCUT2D eigenvalue weighted by atomic mass is 35.5. The standard InChI is InChI=1S/C17H13ClN4O/c1-10-6-7-14-13(8-10)16-21-20-15(22(16)17(18)19-14)11-4-3-5-12(9-11)23-2/h3-9H,1-2H3. The third-order valence-electron chi connectivity index (χ3n) is 3.78. The molecule has 0 bridgehead atoms. The summed E-state index contributed by atoms with van der Waals surface area (Å²) in [5, 5.41) is 9.90. The van der Waals surface area contributed by atoms with Gasteiger partial charge in [-0.2, -0.15) is 0 Å². The topological polar surface area (TPSA) is 52.3 Å². The van der Waals surface area contributed by atoms with Gasteiger partial charge in [-0.15, -0.1) is 10.2 Å². The molecule has 2 heterocycles. The van der Waals surface area contributed by atoms with Crippen molar-refractivity contribution in [2.45, 2.75) is 6.92 Å². The lowest BCUT2D eigenvalue weighted by atomic mass is 10.1. The Bertz CT molecular complexity index is 1040. The van der Waals surface area contributed by atoms with Gasteiger partial charge in [0, 0.05) is 10.9 Å². The van der Waals surface area contributed by atoms with Crippen LogP contribution < -0.4 is 4.74 Å². The maximum absolute atomic E-state index is 6.39. The second-order valence-corrected chi connectivity index (χ2v) is 5.65. The summed E-state index contributed by atoms with van der Waals surface area (Å²) < 4.78 is 7.04. The van der Waals surface area contributed by atoms with Crippen LogP contribution in [0.1, 0.15) is 5.56 Å². The fraction of sp³-hybridized carbons (Fsp3) is 0.118. The van der Waals surface area contributed by atoms with Gasteiger partial charge >= 0.3 is 0 Å². The van der Waals surface area contributed by atoms with Crippen molar-refractivity contribution >= 4 is 28.2 Å². The summed E-state index contributed by atoms with van der Waals surface area (Å²) in [5.74, 6) is 1.39. The molecule has 4 aromatic rings. The van der Waals surface area contributed by atoms with Crippen LogP contribution in [0.5, 0.6) is 5.75 Å². The van der Waals surface area contributed by atoms with Gasteiger partial charge in [0.2, 0.25) is 5.28 Å². The lowest BCUT2D eigenvalue weighted by Gasteiger charge is -2.06. The number of fused-ring (bicyclic) bond motifs is 3. The molecule has 6 heteroatoms. The van der Waals surface area contributed by atoms with E-state index in [4.69, 9.17) is 16.3 Å². The maximum Gasteiger partial charge on any atom is 0.210 e. The number of ether oxygens (including phenoxy) is 1. The van der Waals surface area contributed by atoms with Crippen molar-refractivity contribution in [1.29, 1.82) is 0 Å². The lowest BCUT2D eigenvalue weighted by Crippen LogP contribution is -1.96. The molecule has 4 rings (SSSR count). The van der Waals surface area contributed by atoms with Crippen LogP contribution in [0.25, 0.3) is 27.9 Å². The minimum atomic E-state index is 0.333. The summed E-state index contributed by atoms with van der Waals surface area (Å²) in [6.07, 6.45) is 0. The SMILES string of the molecule is COc1cccc(-c2nnc3c4cc(C)ccc4nc(Cl)n23)c1. The lowest BCUT2D eigenvalue weighted by molar-refractivity contribution is 0.415. The number of rotatable bonds is 2. The summed E-state index contributed by atoms with van der Waals surface area (Å²) in [5.41, 5.74) is 3.50. The Morgan fingerprint density at radius 1 is 1.09 bits per heavy atom. The van der Waals surface area contributed by atoms with Crippen molar-refractivity contribution in [3.8, 4) is 17.1 Å². The number of aryl methyl sites for hydroxylation is 1. The van der Waals surface area contributed by atoms with Gasteiger partial charge in [0.05, 0.1) is 12.6 Å². The van der Waals surface area contributed by atoms with E-state index in [0.29, 0.717) is 16.8 Å². The van der Waals surface area contributed by atoms with Crippen LogP contribution in [0, 0.1) is 6.92 Å². The molecule has 0 saturated heterocycles. The molecule has 0 unspecified atom stereocenters. The van der Waals surface area contributed by atoms with E-state index in [-0.39, 0.29) is 0 Å². The molecule has 0 N–H and O–H groups in total. The molecular weight excluding hydrogens is 312 g/mol. The van der Waals surface area contributed by atoms with E-state index < -0.39 is 0 Å². The van der Waals surface area contributed by atoms with Crippen LogP contribution in [0.2, 0.25) is 5.28 Å². The Morgan fingerprint density at radius 3 is 2.78 bits per heavy atom. The molecule has 0 aliphatic heterocycles. The van der Waals surface area contributed by atoms with E-state index in [2.05, 4.69) is 15.2 Å². The first kappa shape index (κ1) is 14.0. The fourth-order valence-corrected chi connectivity index (χ4v) is 2.91. The predicted molar refractivity (Wildman–Crippen MR) is 90.0 cm³/mol. The molecule has 0 aliphatic carbocycles. The largest absolute Gasteiger partial charge is 0.497 e. The summed E-state index contributed by atoms with van der Waals surface area (Å²) in [7, 11) is 1.63. The molecule has 5 nitrogen and oxygen atoms in total. The fourth-order valence-electron chi connectivity index (χ4n) is 2.66. The van der Waals surface area contributed by atoms with Gasteiger partial charge in [0.25, 0.3) is 0 Å². The molecule has 0 spiro atoms. The van der Waals surface area contributed by atoms with Crippen molar-refractivity contribution in [1.82, 2.24) is 19.6 Å². The molecule has 0 amide bonds. The van der Waals surface area contributed by atoms with E-state index in [1.165, 1.54) is 0 Å². The summed E-state index contributed by atoms with van der Waals surface area (Å²) in [6, 6.07) is 13.6. The van der Waals surface area contributed by atoms with Gasteiger partial charge in [-0.3, -0.25) is 0 Å². The Balaban J connectivity index is 2.05. The molecule has 0 fully saturated rings. The van der Waals surface area contributed by atoms with E-state index >= 15 is 0 Å². The third kappa shape index (κ3) is 2.21. The van der Waals surface area contributed by atoms with E-state index in [1.807, 2.05) is 49.4 Å². The number of nitrogens with zero attached hydrogens (tertiary/aromatic N) is 4. The molecule has 0 aliphatic rings. The zero-order valence-corrected chi connectivity index (χ0v) is 13.4. The smallest absolute Gasteiger partial charge is 0.210 e. The van der Waals surface area contributed by atoms with Gasteiger partial charge < -0.3 is 4.74 Å². The van der Waals surface area contributed by atoms with Crippen molar-refractivity contribution < 1.29 is 4.74 Å². The van der Waals surface area contributed by atoms with Gasteiger partial charge in [-0.1, -0.05) is 23.8 Å². The Morgan fingerprint density at radius 2 is 1.96 bits per heavy atom. The molecule has 114 valence electrons. The number of halogens is 1. The Labute approximate surface area is 137 Å². The Kier molecular flexibility index (Phi) is 3.16. The number of hydrogen-bond donors (Lipinski definition) is 0. The second-order valence-electron chi connectivity index (χ2n) is 5.32.